The van der Waals surface area contributed by atoms with E-state index >= 15 is 0 Å². The highest BCUT2D eigenvalue weighted by molar-refractivity contribution is 6.30. The van der Waals surface area contributed by atoms with Crippen molar-refractivity contribution < 1.29 is 14.4 Å². The fraction of sp³-hybridized carbons (Fsp3) is 0.348. The van der Waals surface area contributed by atoms with E-state index in [2.05, 4.69) is 0 Å². The summed E-state index contributed by atoms with van der Waals surface area (Å²) in [6.45, 7) is 5.82. The van der Waals surface area contributed by atoms with E-state index in [1.54, 1.807) is 41.3 Å². The highest BCUT2D eigenvalue weighted by Crippen LogP contribution is 2.28. The van der Waals surface area contributed by atoms with Crippen LogP contribution < -0.4 is 4.90 Å². The number of amides is 3. The molecular formula is C23H25ClN2O3. The van der Waals surface area contributed by atoms with Gasteiger partial charge in [-0.1, -0.05) is 48.4 Å². The van der Waals surface area contributed by atoms with Gasteiger partial charge < -0.3 is 4.90 Å². The summed E-state index contributed by atoms with van der Waals surface area (Å²) in [5.41, 5.74) is 2.41. The predicted octanol–water partition coefficient (Wildman–Crippen LogP) is 4.15. The number of carbonyl (C=O) groups excluding carboxylic acids is 3. The molecule has 5 nitrogen and oxygen atoms in total. The first-order valence-electron chi connectivity index (χ1n) is 9.81. The topological polar surface area (TPSA) is 57.7 Å². The summed E-state index contributed by atoms with van der Waals surface area (Å²) in [5, 5.41) is 0.602. The van der Waals surface area contributed by atoms with Gasteiger partial charge in [-0.15, -0.1) is 0 Å². The lowest BCUT2D eigenvalue weighted by molar-refractivity contribution is -0.140. The number of imide groups is 1. The van der Waals surface area contributed by atoms with Gasteiger partial charge in [0.05, 0.1) is 18.5 Å². The van der Waals surface area contributed by atoms with E-state index in [0.717, 1.165) is 11.1 Å². The van der Waals surface area contributed by atoms with E-state index in [4.69, 9.17) is 11.6 Å². The Morgan fingerprint density at radius 3 is 2.34 bits per heavy atom. The largest absolute Gasteiger partial charge is 0.327 e. The summed E-state index contributed by atoms with van der Waals surface area (Å²) in [5.74, 6) is -0.793. The lowest BCUT2D eigenvalue weighted by Crippen LogP contribution is -2.50. The van der Waals surface area contributed by atoms with Crippen LogP contribution in [0.5, 0.6) is 0 Å². The van der Waals surface area contributed by atoms with Crippen LogP contribution in [0.2, 0.25) is 5.02 Å². The predicted molar refractivity (Wildman–Crippen MR) is 114 cm³/mol. The minimum atomic E-state index is -0.779. The Kier molecular flexibility index (Phi) is 6.38. The Morgan fingerprint density at radius 1 is 1.14 bits per heavy atom. The molecule has 0 spiro atoms. The molecule has 0 radical (unpaired) electrons. The third-order valence-corrected chi connectivity index (χ3v) is 5.63. The molecule has 6 heteroatoms. The highest BCUT2D eigenvalue weighted by Gasteiger charge is 2.45. The van der Waals surface area contributed by atoms with E-state index in [1.807, 2.05) is 32.9 Å². The smallest absolute Gasteiger partial charge is 0.257 e. The van der Waals surface area contributed by atoms with Crippen molar-refractivity contribution in [2.75, 3.05) is 4.90 Å². The maximum absolute atomic E-state index is 13.2. The Bertz CT molecular complexity index is 909. The summed E-state index contributed by atoms with van der Waals surface area (Å²) in [6.07, 6.45) is 0.849. The molecule has 0 aliphatic carbocycles. The second-order valence-corrected chi connectivity index (χ2v) is 7.92. The van der Waals surface area contributed by atoms with Crippen LogP contribution >= 0.6 is 11.6 Å². The van der Waals surface area contributed by atoms with Crippen molar-refractivity contribution in [1.29, 1.82) is 0 Å². The van der Waals surface area contributed by atoms with Crippen molar-refractivity contribution >= 4 is 35.0 Å². The molecule has 1 heterocycles. The summed E-state index contributed by atoms with van der Waals surface area (Å²) < 4.78 is 0. The minimum absolute atomic E-state index is 0.00338. The van der Waals surface area contributed by atoms with Crippen LogP contribution in [0, 0.1) is 6.92 Å². The van der Waals surface area contributed by atoms with Gasteiger partial charge in [-0.3, -0.25) is 14.4 Å². The average molecular weight is 413 g/mol. The average Bonchev–Trinajstić information content (AvgIpc) is 2.98. The molecule has 1 saturated heterocycles. The summed E-state index contributed by atoms with van der Waals surface area (Å²) >= 11 is 5.92. The maximum Gasteiger partial charge on any atom is 0.257 e. The highest BCUT2D eigenvalue weighted by atomic mass is 35.5. The van der Waals surface area contributed by atoms with Gasteiger partial charge in [-0.05, 0) is 50.1 Å². The first-order valence-corrected chi connectivity index (χ1v) is 10.2. The number of carbonyl (C=O) groups is 3. The number of aryl methyl sites for hydroxylation is 1. The first-order chi connectivity index (χ1) is 13.8. The van der Waals surface area contributed by atoms with E-state index in [9.17, 15) is 14.4 Å². The number of halogens is 1. The molecule has 0 N–H and O–H groups in total. The van der Waals surface area contributed by atoms with Gasteiger partial charge in [-0.25, -0.2) is 4.90 Å². The molecule has 0 aromatic heterocycles. The van der Waals surface area contributed by atoms with Gasteiger partial charge in [0.15, 0.2) is 0 Å². The summed E-state index contributed by atoms with van der Waals surface area (Å²) in [4.78, 5) is 41.8. The van der Waals surface area contributed by atoms with Crippen molar-refractivity contribution in [1.82, 2.24) is 4.90 Å². The van der Waals surface area contributed by atoms with E-state index in [1.165, 1.54) is 4.90 Å². The van der Waals surface area contributed by atoms with Crippen LogP contribution in [-0.2, 0) is 20.8 Å². The number of nitrogens with zero attached hydrogens (tertiary/aromatic N) is 2. The Hall–Kier alpha value is -2.66. The minimum Gasteiger partial charge on any atom is -0.327 e. The second kappa shape index (κ2) is 8.78. The molecule has 3 rings (SSSR count). The normalized spacial score (nSPS) is 17.5. The van der Waals surface area contributed by atoms with Crippen molar-refractivity contribution in [3.63, 3.8) is 0 Å². The van der Waals surface area contributed by atoms with Crippen LogP contribution in [0.1, 0.15) is 37.8 Å². The zero-order valence-corrected chi connectivity index (χ0v) is 17.6. The Labute approximate surface area is 176 Å². The van der Waals surface area contributed by atoms with E-state index in [-0.39, 0.29) is 36.6 Å². The van der Waals surface area contributed by atoms with Gasteiger partial charge in [0, 0.05) is 11.1 Å². The zero-order valence-electron chi connectivity index (χ0n) is 16.9. The fourth-order valence-electron chi connectivity index (χ4n) is 3.59. The number of hydrogen-bond donors (Lipinski definition) is 0. The van der Waals surface area contributed by atoms with Gasteiger partial charge in [0.2, 0.25) is 11.8 Å². The molecular weight excluding hydrogens is 388 g/mol. The molecule has 2 unspecified atom stereocenters. The van der Waals surface area contributed by atoms with Crippen LogP contribution in [0.15, 0.2) is 48.5 Å². The molecule has 2 atom stereocenters. The maximum atomic E-state index is 13.2. The molecule has 0 saturated carbocycles. The number of hydrogen-bond acceptors (Lipinski definition) is 3. The Morgan fingerprint density at radius 2 is 1.76 bits per heavy atom. The molecule has 29 heavy (non-hydrogen) atoms. The van der Waals surface area contributed by atoms with E-state index in [0.29, 0.717) is 17.1 Å². The summed E-state index contributed by atoms with van der Waals surface area (Å²) in [6, 6.07) is 13.4. The monoisotopic (exact) mass is 412 g/mol. The lowest BCUT2D eigenvalue weighted by Gasteiger charge is -2.33. The fourth-order valence-corrected chi connectivity index (χ4v) is 3.72. The molecule has 0 bridgehead atoms. The zero-order chi connectivity index (χ0) is 21.1. The van der Waals surface area contributed by atoms with Crippen LogP contribution in [0.3, 0.4) is 0 Å². The van der Waals surface area contributed by atoms with Crippen LogP contribution in [0.25, 0.3) is 0 Å². The van der Waals surface area contributed by atoms with Crippen molar-refractivity contribution in [2.24, 2.45) is 0 Å². The molecule has 1 fully saturated rings. The standard InChI is InChI=1S/C23H25ClN2O3/c1-4-16(3)25(21(27)13-17-7-9-18(24)10-8-17)20-14-22(28)26(23(20)29)19-11-5-15(2)6-12-19/h5-12,16,20H,4,13-14H2,1-3H3. The molecule has 1 aliphatic heterocycles. The molecule has 2 aromatic rings. The third kappa shape index (κ3) is 4.51. The van der Waals surface area contributed by atoms with Crippen molar-refractivity contribution in [2.45, 2.75) is 52.1 Å². The Balaban J connectivity index is 1.85. The first kappa shape index (κ1) is 21.1. The summed E-state index contributed by atoms with van der Waals surface area (Å²) in [7, 11) is 0. The quantitative estimate of drug-likeness (QED) is 0.669. The van der Waals surface area contributed by atoms with E-state index < -0.39 is 6.04 Å². The third-order valence-electron chi connectivity index (χ3n) is 5.37. The SMILES string of the molecule is CCC(C)N(C(=O)Cc1ccc(Cl)cc1)C1CC(=O)N(c2ccc(C)cc2)C1=O. The van der Waals surface area contributed by atoms with Crippen LogP contribution in [-0.4, -0.2) is 34.7 Å². The van der Waals surface area contributed by atoms with Gasteiger partial charge in [-0.2, -0.15) is 0 Å². The molecule has 152 valence electrons. The van der Waals surface area contributed by atoms with Gasteiger partial charge >= 0.3 is 0 Å². The molecule has 3 amide bonds. The van der Waals surface area contributed by atoms with Gasteiger partial charge in [0.1, 0.15) is 6.04 Å². The number of benzene rings is 2. The molecule has 1 aliphatic rings. The van der Waals surface area contributed by atoms with Gasteiger partial charge in [0.25, 0.3) is 5.91 Å². The van der Waals surface area contributed by atoms with Crippen LogP contribution in [0.4, 0.5) is 5.69 Å². The molecule has 2 aromatic carbocycles. The van der Waals surface area contributed by atoms with Crippen molar-refractivity contribution in [3.05, 3.63) is 64.7 Å². The number of rotatable bonds is 6. The number of anilines is 1. The second-order valence-electron chi connectivity index (χ2n) is 7.48. The lowest BCUT2D eigenvalue weighted by atomic mass is 10.1. The van der Waals surface area contributed by atoms with Crippen molar-refractivity contribution in [3.8, 4) is 0 Å².